The Kier molecular flexibility index (Phi) is 6.24. The number of para-hydroxylation sites is 1. The van der Waals surface area contributed by atoms with E-state index < -0.39 is 5.91 Å². The first-order valence-electron chi connectivity index (χ1n) is 7.58. The van der Waals surface area contributed by atoms with Gasteiger partial charge in [0, 0.05) is 14.1 Å². The second-order valence-electron chi connectivity index (χ2n) is 5.11. The smallest absolute Gasteiger partial charge is 0.284 e. The fraction of sp³-hybridized carbons (Fsp3) is 0.294. The number of amides is 1. The lowest BCUT2D eigenvalue weighted by Gasteiger charge is -2.21. The topological polar surface area (TPSA) is 93.1 Å². The summed E-state index contributed by atoms with van der Waals surface area (Å²) in [4.78, 5) is 17.2. The van der Waals surface area contributed by atoms with E-state index in [1.54, 1.807) is 19.2 Å². The fourth-order valence-corrected chi connectivity index (χ4v) is 2.08. The summed E-state index contributed by atoms with van der Waals surface area (Å²) < 4.78 is 11.0. The molecule has 0 aliphatic heterocycles. The molecule has 0 fully saturated rings. The van der Waals surface area contributed by atoms with E-state index in [4.69, 9.17) is 14.9 Å². The zero-order chi connectivity index (χ0) is 17.4. The maximum Gasteiger partial charge on any atom is 0.284 e. The molecule has 7 nitrogen and oxygen atoms in total. The van der Waals surface area contributed by atoms with Crippen molar-refractivity contribution >= 4 is 11.9 Å². The highest BCUT2D eigenvalue weighted by Gasteiger charge is 2.09. The molecule has 128 valence electrons. The molecule has 2 aromatic rings. The Balaban J connectivity index is 1.78. The lowest BCUT2D eigenvalue weighted by molar-refractivity contribution is 0.0972. The van der Waals surface area contributed by atoms with Gasteiger partial charge in [-0.05, 0) is 24.3 Å². The summed E-state index contributed by atoms with van der Waals surface area (Å²) in [6, 6.07) is 12.9. The number of hydrogen-bond acceptors (Lipinski definition) is 4. The highest BCUT2D eigenvalue weighted by molar-refractivity contribution is 5.89. The van der Waals surface area contributed by atoms with Gasteiger partial charge in [-0.25, -0.2) is 0 Å². The van der Waals surface area contributed by atoms with Crippen LogP contribution in [0.25, 0.3) is 0 Å². The SMILES string of the molecule is CN=C(NCc1ccc(C(N)=O)o1)N(C)CCOc1ccccc1. The van der Waals surface area contributed by atoms with Gasteiger partial charge in [0.05, 0.1) is 13.1 Å². The quantitative estimate of drug-likeness (QED) is 0.592. The Morgan fingerprint density at radius 3 is 2.67 bits per heavy atom. The maximum atomic E-state index is 11.0. The number of guanidine groups is 1. The molecule has 1 heterocycles. The number of hydrogen-bond donors (Lipinski definition) is 2. The minimum Gasteiger partial charge on any atom is -0.492 e. The molecule has 0 bridgehead atoms. The molecule has 0 saturated heterocycles. The third kappa shape index (κ3) is 5.05. The monoisotopic (exact) mass is 330 g/mol. The van der Waals surface area contributed by atoms with Crippen LogP contribution in [0.1, 0.15) is 16.3 Å². The van der Waals surface area contributed by atoms with E-state index in [0.717, 1.165) is 5.75 Å². The summed E-state index contributed by atoms with van der Waals surface area (Å²) in [5.41, 5.74) is 5.16. The van der Waals surface area contributed by atoms with Crippen molar-refractivity contribution in [2.24, 2.45) is 10.7 Å². The number of nitrogens with one attached hydrogen (secondary N) is 1. The normalized spacial score (nSPS) is 11.2. The number of benzene rings is 1. The third-order valence-electron chi connectivity index (χ3n) is 3.34. The number of furan rings is 1. The Bertz CT molecular complexity index is 682. The molecular formula is C17H22N4O3. The van der Waals surface area contributed by atoms with Crippen molar-refractivity contribution in [3.05, 3.63) is 54.0 Å². The molecule has 0 radical (unpaired) electrons. The van der Waals surface area contributed by atoms with Crippen LogP contribution in [-0.4, -0.2) is 44.0 Å². The molecule has 7 heteroatoms. The highest BCUT2D eigenvalue weighted by atomic mass is 16.5. The van der Waals surface area contributed by atoms with E-state index >= 15 is 0 Å². The number of nitrogens with two attached hydrogens (primary N) is 1. The highest BCUT2D eigenvalue weighted by Crippen LogP contribution is 2.08. The van der Waals surface area contributed by atoms with Gasteiger partial charge in [0.25, 0.3) is 5.91 Å². The molecule has 1 aromatic heterocycles. The van der Waals surface area contributed by atoms with Crippen molar-refractivity contribution in [3.63, 3.8) is 0 Å². The molecule has 1 amide bonds. The van der Waals surface area contributed by atoms with E-state index in [0.29, 0.717) is 31.4 Å². The molecule has 0 aliphatic rings. The van der Waals surface area contributed by atoms with Crippen LogP contribution in [0, 0.1) is 0 Å². The first kappa shape index (κ1) is 17.4. The lowest BCUT2D eigenvalue weighted by atomic mass is 10.3. The molecule has 0 unspecified atom stereocenters. The molecule has 0 spiro atoms. The van der Waals surface area contributed by atoms with Crippen molar-refractivity contribution < 1.29 is 13.9 Å². The minimum absolute atomic E-state index is 0.145. The van der Waals surface area contributed by atoms with Crippen molar-refractivity contribution in [2.45, 2.75) is 6.54 Å². The largest absolute Gasteiger partial charge is 0.492 e. The second kappa shape index (κ2) is 8.61. The van der Waals surface area contributed by atoms with Gasteiger partial charge in [0.15, 0.2) is 11.7 Å². The van der Waals surface area contributed by atoms with Gasteiger partial charge >= 0.3 is 0 Å². The maximum absolute atomic E-state index is 11.0. The van der Waals surface area contributed by atoms with Crippen LogP contribution in [0.4, 0.5) is 0 Å². The van der Waals surface area contributed by atoms with Crippen LogP contribution < -0.4 is 15.8 Å². The molecule has 0 atom stereocenters. The zero-order valence-electron chi connectivity index (χ0n) is 13.9. The summed E-state index contributed by atoms with van der Waals surface area (Å²) in [6.07, 6.45) is 0. The summed E-state index contributed by atoms with van der Waals surface area (Å²) in [7, 11) is 3.62. The van der Waals surface area contributed by atoms with Gasteiger partial charge in [-0.1, -0.05) is 18.2 Å². The predicted octanol–water partition coefficient (Wildman–Crippen LogP) is 1.46. The van der Waals surface area contributed by atoms with Gasteiger partial charge in [0.2, 0.25) is 0 Å². The van der Waals surface area contributed by atoms with Gasteiger partial charge in [0.1, 0.15) is 18.1 Å². The van der Waals surface area contributed by atoms with Gasteiger partial charge < -0.3 is 25.1 Å². The average molecular weight is 330 g/mol. The molecule has 2 rings (SSSR count). The second-order valence-corrected chi connectivity index (χ2v) is 5.11. The summed E-state index contributed by atoms with van der Waals surface area (Å²) in [6.45, 7) is 1.61. The van der Waals surface area contributed by atoms with Crippen LogP contribution in [0.5, 0.6) is 5.75 Å². The van der Waals surface area contributed by atoms with E-state index in [1.165, 1.54) is 0 Å². The average Bonchev–Trinajstić information content (AvgIpc) is 3.06. The van der Waals surface area contributed by atoms with Crippen LogP contribution in [0.3, 0.4) is 0 Å². The van der Waals surface area contributed by atoms with Crippen molar-refractivity contribution in [1.82, 2.24) is 10.2 Å². The minimum atomic E-state index is -0.583. The van der Waals surface area contributed by atoms with Crippen LogP contribution in [0.2, 0.25) is 0 Å². The van der Waals surface area contributed by atoms with Gasteiger partial charge in [-0.3, -0.25) is 9.79 Å². The number of likely N-dealkylation sites (N-methyl/N-ethyl adjacent to an activating group) is 1. The van der Waals surface area contributed by atoms with Crippen molar-refractivity contribution in [1.29, 1.82) is 0 Å². The zero-order valence-corrected chi connectivity index (χ0v) is 13.9. The number of ether oxygens (including phenoxy) is 1. The Morgan fingerprint density at radius 2 is 2.04 bits per heavy atom. The van der Waals surface area contributed by atoms with Crippen LogP contribution >= 0.6 is 0 Å². The molecule has 0 saturated carbocycles. The number of nitrogens with zero attached hydrogens (tertiary/aromatic N) is 2. The standard InChI is InChI=1S/C17H22N4O3/c1-19-17(20-12-14-8-9-15(24-14)16(18)22)21(2)10-11-23-13-6-4-3-5-7-13/h3-9H,10-12H2,1-2H3,(H2,18,22)(H,19,20). The Labute approximate surface area is 141 Å². The molecule has 0 aliphatic carbocycles. The predicted molar refractivity (Wildman–Crippen MR) is 92.0 cm³/mol. The number of primary amides is 1. The van der Waals surface area contributed by atoms with Crippen molar-refractivity contribution in [3.8, 4) is 5.75 Å². The first-order valence-corrected chi connectivity index (χ1v) is 7.58. The van der Waals surface area contributed by atoms with E-state index in [2.05, 4.69) is 10.3 Å². The molecule has 3 N–H and O–H groups in total. The third-order valence-corrected chi connectivity index (χ3v) is 3.34. The summed E-state index contributed by atoms with van der Waals surface area (Å²) in [5, 5.41) is 3.16. The number of aliphatic imine (C=N–C) groups is 1. The van der Waals surface area contributed by atoms with Crippen LogP contribution in [-0.2, 0) is 6.54 Å². The Morgan fingerprint density at radius 1 is 1.29 bits per heavy atom. The van der Waals surface area contributed by atoms with Gasteiger partial charge in [-0.2, -0.15) is 0 Å². The fourth-order valence-electron chi connectivity index (χ4n) is 2.08. The first-order chi connectivity index (χ1) is 11.6. The van der Waals surface area contributed by atoms with Crippen LogP contribution in [0.15, 0.2) is 51.9 Å². The van der Waals surface area contributed by atoms with E-state index in [9.17, 15) is 4.79 Å². The van der Waals surface area contributed by atoms with E-state index in [-0.39, 0.29) is 5.76 Å². The van der Waals surface area contributed by atoms with E-state index in [1.807, 2.05) is 42.3 Å². The molecular weight excluding hydrogens is 308 g/mol. The lowest BCUT2D eigenvalue weighted by Crippen LogP contribution is -2.40. The number of carbonyl (C=O) groups excluding carboxylic acids is 1. The summed E-state index contributed by atoms with van der Waals surface area (Å²) in [5.74, 6) is 1.71. The van der Waals surface area contributed by atoms with Gasteiger partial charge in [-0.15, -0.1) is 0 Å². The van der Waals surface area contributed by atoms with Crippen molar-refractivity contribution in [2.75, 3.05) is 27.2 Å². The number of rotatable bonds is 7. The Hall–Kier alpha value is -2.96. The number of carbonyl (C=O) groups is 1. The molecule has 24 heavy (non-hydrogen) atoms. The molecule has 1 aromatic carbocycles. The summed E-state index contributed by atoms with van der Waals surface area (Å²) >= 11 is 0.